The monoisotopic (exact) mass is 243 g/mol. The molecule has 0 fully saturated rings. The fourth-order valence-electron chi connectivity index (χ4n) is 2.12. The van der Waals surface area contributed by atoms with Crippen molar-refractivity contribution in [3.63, 3.8) is 0 Å². The molecule has 2 aromatic rings. The molecule has 0 bridgehead atoms. The van der Waals surface area contributed by atoms with Crippen LogP contribution in [0.5, 0.6) is 17.2 Å². The van der Waals surface area contributed by atoms with Crippen LogP contribution in [-0.4, -0.2) is 16.8 Å². The third kappa shape index (κ3) is 1.93. The molecule has 4 nitrogen and oxygen atoms in total. The van der Waals surface area contributed by atoms with E-state index < -0.39 is 0 Å². The first-order chi connectivity index (χ1) is 8.72. The van der Waals surface area contributed by atoms with Crippen LogP contribution >= 0.6 is 0 Å². The van der Waals surface area contributed by atoms with Crippen molar-refractivity contribution in [2.24, 2.45) is 0 Å². The normalized spacial score (nSPS) is 17.0. The molecule has 2 aromatic carbocycles. The molecule has 92 valence electrons. The molecule has 0 saturated carbocycles. The van der Waals surface area contributed by atoms with E-state index in [1.54, 1.807) is 30.3 Å². The molecule has 1 unspecified atom stereocenters. The number of benzene rings is 2. The summed E-state index contributed by atoms with van der Waals surface area (Å²) in [5, 5.41) is 22.1. The van der Waals surface area contributed by atoms with Crippen molar-refractivity contribution in [1.29, 1.82) is 0 Å². The van der Waals surface area contributed by atoms with Crippen molar-refractivity contribution in [1.82, 2.24) is 0 Å². The standard InChI is InChI=1S/C14H13NO3/c16-10-3-1-2-9(6-10)15-13-8-18-14-7-11(17)4-5-12(13)14/h1-7,13,15-17H,8H2. The zero-order chi connectivity index (χ0) is 12.5. The van der Waals surface area contributed by atoms with Gasteiger partial charge in [0, 0.05) is 23.4 Å². The van der Waals surface area contributed by atoms with Gasteiger partial charge in [0.15, 0.2) is 0 Å². The summed E-state index contributed by atoms with van der Waals surface area (Å²) in [4.78, 5) is 0. The van der Waals surface area contributed by atoms with Crippen LogP contribution in [0.15, 0.2) is 42.5 Å². The molecule has 18 heavy (non-hydrogen) atoms. The van der Waals surface area contributed by atoms with Gasteiger partial charge in [-0.25, -0.2) is 0 Å². The van der Waals surface area contributed by atoms with E-state index in [2.05, 4.69) is 5.32 Å². The first-order valence-electron chi connectivity index (χ1n) is 5.74. The number of phenolic OH excluding ortho intramolecular Hbond substituents is 2. The van der Waals surface area contributed by atoms with E-state index >= 15 is 0 Å². The van der Waals surface area contributed by atoms with Gasteiger partial charge >= 0.3 is 0 Å². The Labute approximate surface area is 104 Å². The van der Waals surface area contributed by atoms with Crippen LogP contribution in [-0.2, 0) is 0 Å². The van der Waals surface area contributed by atoms with Gasteiger partial charge in [-0.1, -0.05) is 6.07 Å². The van der Waals surface area contributed by atoms with Crippen LogP contribution in [0.2, 0.25) is 0 Å². The van der Waals surface area contributed by atoms with Gasteiger partial charge in [-0.05, 0) is 24.3 Å². The Kier molecular flexibility index (Phi) is 2.48. The zero-order valence-electron chi connectivity index (χ0n) is 9.63. The van der Waals surface area contributed by atoms with Crippen LogP contribution in [0.4, 0.5) is 5.69 Å². The van der Waals surface area contributed by atoms with E-state index in [0.717, 1.165) is 11.3 Å². The van der Waals surface area contributed by atoms with Gasteiger partial charge < -0.3 is 20.3 Å². The number of fused-ring (bicyclic) bond motifs is 1. The second-order valence-corrected chi connectivity index (χ2v) is 4.28. The van der Waals surface area contributed by atoms with Gasteiger partial charge in [-0.3, -0.25) is 0 Å². The molecule has 1 heterocycles. The molecular formula is C14H13NO3. The number of nitrogens with one attached hydrogen (secondary N) is 1. The van der Waals surface area contributed by atoms with Crippen LogP contribution < -0.4 is 10.1 Å². The van der Waals surface area contributed by atoms with Gasteiger partial charge in [-0.2, -0.15) is 0 Å². The van der Waals surface area contributed by atoms with Crippen LogP contribution in [0.3, 0.4) is 0 Å². The Balaban J connectivity index is 1.85. The summed E-state index contributed by atoms with van der Waals surface area (Å²) in [6.45, 7) is 0.508. The lowest BCUT2D eigenvalue weighted by Gasteiger charge is -2.13. The molecule has 0 spiro atoms. The summed E-state index contributed by atoms with van der Waals surface area (Å²) in [6, 6.07) is 12.1. The second kappa shape index (κ2) is 4.14. The van der Waals surface area contributed by atoms with Gasteiger partial charge in [0.25, 0.3) is 0 Å². The molecule has 1 atom stereocenters. The molecule has 0 saturated heterocycles. The van der Waals surface area contributed by atoms with Crippen molar-refractivity contribution in [2.45, 2.75) is 6.04 Å². The summed E-state index contributed by atoms with van der Waals surface area (Å²) in [5.74, 6) is 1.13. The van der Waals surface area contributed by atoms with Crippen molar-refractivity contribution in [2.75, 3.05) is 11.9 Å². The predicted octanol–water partition coefficient (Wildman–Crippen LogP) is 2.64. The van der Waals surface area contributed by atoms with Gasteiger partial charge in [0.05, 0.1) is 6.04 Å². The Bertz CT molecular complexity index is 583. The maximum Gasteiger partial charge on any atom is 0.128 e. The van der Waals surface area contributed by atoms with Crippen molar-refractivity contribution in [3.8, 4) is 17.2 Å². The molecule has 4 heteroatoms. The maximum atomic E-state index is 9.41. The fourth-order valence-corrected chi connectivity index (χ4v) is 2.12. The summed E-state index contributed by atoms with van der Waals surface area (Å²) in [5.41, 5.74) is 1.85. The predicted molar refractivity (Wildman–Crippen MR) is 68.1 cm³/mol. The fraction of sp³-hybridized carbons (Fsp3) is 0.143. The summed E-state index contributed by atoms with van der Waals surface area (Å²) in [7, 11) is 0. The highest BCUT2D eigenvalue weighted by atomic mass is 16.5. The van der Waals surface area contributed by atoms with Crippen molar-refractivity contribution in [3.05, 3.63) is 48.0 Å². The lowest BCUT2D eigenvalue weighted by atomic mass is 10.1. The number of rotatable bonds is 2. The molecule has 3 rings (SSSR count). The highest BCUT2D eigenvalue weighted by Crippen LogP contribution is 2.36. The van der Waals surface area contributed by atoms with E-state index in [4.69, 9.17) is 4.74 Å². The molecule has 0 amide bonds. The number of aromatic hydroxyl groups is 2. The number of hydrogen-bond donors (Lipinski definition) is 3. The van der Waals surface area contributed by atoms with E-state index in [1.807, 2.05) is 12.1 Å². The molecule has 0 radical (unpaired) electrons. The highest BCUT2D eigenvalue weighted by Gasteiger charge is 2.24. The van der Waals surface area contributed by atoms with Crippen molar-refractivity contribution < 1.29 is 14.9 Å². The maximum absolute atomic E-state index is 9.41. The third-order valence-corrected chi connectivity index (χ3v) is 2.97. The summed E-state index contributed by atoms with van der Waals surface area (Å²) in [6.07, 6.45) is 0. The van der Waals surface area contributed by atoms with E-state index in [0.29, 0.717) is 12.4 Å². The van der Waals surface area contributed by atoms with E-state index in [1.165, 1.54) is 0 Å². The molecule has 1 aliphatic heterocycles. The topological polar surface area (TPSA) is 61.7 Å². The average Bonchev–Trinajstić information content (AvgIpc) is 2.72. The SMILES string of the molecule is Oc1cccc(NC2COc3cc(O)ccc32)c1. The molecule has 0 aromatic heterocycles. The van der Waals surface area contributed by atoms with Crippen LogP contribution in [0.25, 0.3) is 0 Å². The van der Waals surface area contributed by atoms with Gasteiger partial charge in [0.2, 0.25) is 0 Å². The van der Waals surface area contributed by atoms with Crippen LogP contribution in [0.1, 0.15) is 11.6 Å². The van der Waals surface area contributed by atoms with Crippen LogP contribution in [0, 0.1) is 0 Å². The number of anilines is 1. The highest BCUT2D eigenvalue weighted by molar-refractivity contribution is 5.53. The third-order valence-electron chi connectivity index (χ3n) is 2.97. The first-order valence-corrected chi connectivity index (χ1v) is 5.74. The lowest BCUT2D eigenvalue weighted by molar-refractivity contribution is 0.338. The molecule has 0 aliphatic carbocycles. The Morgan fingerprint density at radius 1 is 1.06 bits per heavy atom. The largest absolute Gasteiger partial charge is 0.508 e. The smallest absolute Gasteiger partial charge is 0.128 e. The molecule has 1 aliphatic rings. The van der Waals surface area contributed by atoms with E-state index in [-0.39, 0.29) is 17.5 Å². The minimum atomic E-state index is 0.0300. The quantitative estimate of drug-likeness (QED) is 0.758. The van der Waals surface area contributed by atoms with E-state index in [9.17, 15) is 10.2 Å². The number of ether oxygens (including phenoxy) is 1. The molecule has 3 N–H and O–H groups in total. The summed E-state index contributed by atoms with van der Waals surface area (Å²) < 4.78 is 5.51. The number of phenols is 2. The van der Waals surface area contributed by atoms with Gasteiger partial charge in [0.1, 0.15) is 23.9 Å². The van der Waals surface area contributed by atoms with Gasteiger partial charge in [-0.15, -0.1) is 0 Å². The summed E-state index contributed by atoms with van der Waals surface area (Å²) >= 11 is 0. The Morgan fingerprint density at radius 2 is 1.89 bits per heavy atom. The molecular weight excluding hydrogens is 230 g/mol. The van der Waals surface area contributed by atoms with Crippen molar-refractivity contribution >= 4 is 5.69 Å². The minimum absolute atomic E-state index is 0.0300. The minimum Gasteiger partial charge on any atom is -0.508 e. The zero-order valence-corrected chi connectivity index (χ0v) is 9.63. The number of hydrogen-bond acceptors (Lipinski definition) is 4. The second-order valence-electron chi connectivity index (χ2n) is 4.28. The average molecular weight is 243 g/mol. The lowest BCUT2D eigenvalue weighted by Crippen LogP contribution is -2.11. The first kappa shape index (κ1) is 10.8. The Morgan fingerprint density at radius 3 is 2.72 bits per heavy atom. The Hall–Kier alpha value is -2.36.